The Balaban J connectivity index is 3.21. The minimum atomic E-state index is -1.87. The highest BCUT2D eigenvalue weighted by Gasteiger charge is 2.30. The first-order chi connectivity index (χ1) is 5.95. The van der Waals surface area contributed by atoms with Crippen LogP contribution in [-0.2, 0) is 9.59 Å². The summed E-state index contributed by atoms with van der Waals surface area (Å²) in [7, 11) is -1.87. The summed E-state index contributed by atoms with van der Waals surface area (Å²) < 4.78 is 0. The van der Waals surface area contributed by atoms with Crippen molar-refractivity contribution in [3.05, 3.63) is 22.7 Å². The molecule has 0 radical (unpaired) electrons. The number of allylic oxidation sites excluding steroid dienone is 4. The summed E-state index contributed by atoms with van der Waals surface area (Å²) in [4.78, 5) is 22.5. The van der Waals surface area contributed by atoms with Gasteiger partial charge < -0.3 is 10.0 Å². The Hall–Kier alpha value is -1.20. The van der Waals surface area contributed by atoms with Crippen molar-refractivity contribution in [2.24, 2.45) is 0 Å². The predicted molar refractivity (Wildman–Crippen MR) is 46.7 cm³/mol. The van der Waals surface area contributed by atoms with E-state index in [0.717, 1.165) is 6.08 Å². The van der Waals surface area contributed by atoms with Crippen LogP contribution in [0.1, 0.15) is 13.8 Å². The number of carbonyl (C=O) groups excluding carboxylic acids is 2. The summed E-state index contributed by atoms with van der Waals surface area (Å²) in [5.41, 5.74) is 0.211. The van der Waals surface area contributed by atoms with Crippen LogP contribution in [-0.4, -0.2) is 28.7 Å². The first-order valence-electron chi connectivity index (χ1n) is 3.79. The van der Waals surface area contributed by atoms with E-state index in [4.69, 9.17) is 10.0 Å². The van der Waals surface area contributed by atoms with Gasteiger partial charge in [-0.3, -0.25) is 9.59 Å². The van der Waals surface area contributed by atoms with E-state index in [1.165, 1.54) is 13.8 Å². The highest BCUT2D eigenvalue weighted by atomic mass is 16.4. The van der Waals surface area contributed by atoms with Crippen LogP contribution in [0.25, 0.3) is 0 Å². The second kappa shape index (κ2) is 3.28. The minimum absolute atomic E-state index is 0.111. The van der Waals surface area contributed by atoms with Crippen molar-refractivity contribution < 1.29 is 19.6 Å². The molecule has 0 unspecified atom stereocenters. The third kappa shape index (κ3) is 1.61. The molecule has 4 nitrogen and oxygen atoms in total. The second-order valence-electron chi connectivity index (χ2n) is 2.93. The standard InChI is InChI=1S/C8H9BO4/c1-4-3-6(10)7(9(12)13)5(2)8(4)11/h3,12-13H,1-2H3. The van der Waals surface area contributed by atoms with Crippen molar-refractivity contribution in [2.45, 2.75) is 13.8 Å². The number of Topliss-reactive ketones (excluding diaryl/α,β-unsaturated/α-hetero) is 1. The molecule has 5 heteroatoms. The van der Waals surface area contributed by atoms with Crippen LogP contribution in [0.4, 0.5) is 0 Å². The van der Waals surface area contributed by atoms with Gasteiger partial charge >= 0.3 is 7.12 Å². The Kier molecular flexibility index (Phi) is 2.49. The number of ketones is 2. The fourth-order valence-electron chi connectivity index (χ4n) is 1.26. The van der Waals surface area contributed by atoms with E-state index < -0.39 is 12.9 Å². The molecule has 0 amide bonds. The molecule has 13 heavy (non-hydrogen) atoms. The minimum Gasteiger partial charge on any atom is -0.423 e. The van der Waals surface area contributed by atoms with Crippen molar-refractivity contribution in [1.82, 2.24) is 0 Å². The van der Waals surface area contributed by atoms with Gasteiger partial charge in [0, 0.05) is 16.6 Å². The van der Waals surface area contributed by atoms with E-state index in [1.54, 1.807) is 0 Å². The third-order valence-electron chi connectivity index (χ3n) is 1.97. The van der Waals surface area contributed by atoms with Crippen molar-refractivity contribution in [3.8, 4) is 0 Å². The largest absolute Gasteiger partial charge is 0.492 e. The molecule has 1 aliphatic rings. The van der Waals surface area contributed by atoms with Gasteiger partial charge in [0.15, 0.2) is 11.6 Å². The summed E-state index contributed by atoms with van der Waals surface area (Å²) >= 11 is 0. The topological polar surface area (TPSA) is 74.6 Å². The van der Waals surface area contributed by atoms with Gasteiger partial charge in [-0.1, -0.05) is 0 Å². The lowest BCUT2D eigenvalue weighted by Gasteiger charge is -2.13. The first kappa shape index (κ1) is 9.89. The zero-order valence-corrected chi connectivity index (χ0v) is 7.37. The summed E-state index contributed by atoms with van der Waals surface area (Å²) in [5, 5.41) is 17.6. The summed E-state index contributed by atoms with van der Waals surface area (Å²) in [6.45, 7) is 2.93. The van der Waals surface area contributed by atoms with Crippen molar-refractivity contribution in [3.63, 3.8) is 0 Å². The van der Waals surface area contributed by atoms with Gasteiger partial charge in [0.2, 0.25) is 0 Å². The predicted octanol–water partition coefficient (Wildman–Crippen LogP) is -0.587. The van der Waals surface area contributed by atoms with Crippen LogP contribution in [0.3, 0.4) is 0 Å². The number of carbonyl (C=O) groups is 2. The van der Waals surface area contributed by atoms with Crippen LogP contribution < -0.4 is 0 Å². The Morgan fingerprint density at radius 1 is 1.23 bits per heavy atom. The molecule has 0 spiro atoms. The molecule has 0 aliphatic heterocycles. The van der Waals surface area contributed by atoms with Gasteiger partial charge in [-0.15, -0.1) is 0 Å². The molecule has 0 heterocycles. The molecule has 0 fully saturated rings. The molecule has 0 aromatic heterocycles. The van der Waals surface area contributed by atoms with Gasteiger partial charge in [0.05, 0.1) is 0 Å². The van der Waals surface area contributed by atoms with Gasteiger partial charge in [-0.05, 0) is 19.9 Å². The zero-order valence-electron chi connectivity index (χ0n) is 7.37. The summed E-state index contributed by atoms with van der Waals surface area (Å²) in [6, 6.07) is 0. The third-order valence-corrected chi connectivity index (χ3v) is 1.97. The van der Waals surface area contributed by atoms with Crippen LogP contribution in [0.15, 0.2) is 22.7 Å². The molecule has 0 saturated heterocycles. The highest BCUT2D eigenvalue weighted by Crippen LogP contribution is 2.18. The van der Waals surface area contributed by atoms with Crippen molar-refractivity contribution in [1.29, 1.82) is 0 Å². The number of hydrogen-bond acceptors (Lipinski definition) is 4. The lowest BCUT2D eigenvalue weighted by Crippen LogP contribution is -2.28. The SMILES string of the molecule is CC1=CC(=O)C(B(O)O)=C(C)C1=O. The Morgan fingerprint density at radius 2 is 1.77 bits per heavy atom. The number of hydrogen-bond donors (Lipinski definition) is 2. The maximum Gasteiger partial charge on any atom is 0.492 e. The maximum atomic E-state index is 11.3. The molecular formula is C8H9BO4. The quantitative estimate of drug-likeness (QED) is 0.417. The van der Waals surface area contributed by atoms with E-state index >= 15 is 0 Å². The first-order valence-corrected chi connectivity index (χ1v) is 3.79. The maximum absolute atomic E-state index is 11.3. The fraction of sp³-hybridized carbons (Fsp3) is 0.250. The smallest absolute Gasteiger partial charge is 0.423 e. The molecule has 1 aliphatic carbocycles. The van der Waals surface area contributed by atoms with Crippen molar-refractivity contribution >= 4 is 18.7 Å². The lowest BCUT2D eigenvalue weighted by molar-refractivity contribution is -0.115. The van der Waals surface area contributed by atoms with Crippen LogP contribution in [0.5, 0.6) is 0 Å². The molecule has 2 N–H and O–H groups in total. The molecule has 0 aromatic carbocycles. The molecule has 0 atom stereocenters. The molecule has 0 saturated carbocycles. The summed E-state index contributed by atoms with van der Waals surface area (Å²) in [6.07, 6.45) is 1.12. The van der Waals surface area contributed by atoms with E-state index in [2.05, 4.69) is 0 Å². The molecule has 0 aromatic rings. The van der Waals surface area contributed by atoms with Crippen molar-refractivity contribution in [2.75, 3.05) is 0 Å². The Bertz CT molecular complexity index is 338. The van der Waals surface area contributed by atoms with Gasteiger partial charge in [-0.25, -0.2) is 0 Å². The highest BCUT2D eigenvalue weighted by molar-refractivity contribution is 6.61. The van der Waals surface area contributed by atoms with E-state index in [9.17, 15) is 9.59 Å². The van der Waals surface area contributed by atoms with Gasteiger partial charge in [0.1, 0.15) is 0 Å². The fourth-order valence-corrected chi connectivity index (χ4v) is 1.26. The normalized spacial score (nSPS) is 17.7. The lowest BCUT2D eigenvalue weighted by atomic mass is 9.70. The zero-order chi connectivity index (χ0) is 10.2. The molecular weight excluding hydrogens is 171 g/mol. The van der Waals surface area contributed by atoms with Gasteiger partial charge in [-0.2, -0.15) is 0 Å². The van der Waals surface area contributed by atoms with E-state index in [0.29, 0.717) is 5.57 Å². The van der Waals surface area contributed by atoms with Crippen LogP contribution >= 0.6 is 0 Å². The average Bonchev–Trinajstić information content (AvgIpc) is 1.99. The monoisotopic (exact) mass is 180 g/mol. The van der Waals surface area contributed by atoms with Crippen LogP contribution in [0.2, 0.25) is 0 Å². The van der Waals surface area contributed by atoms with E-state index in [1.807, 2.05) is 0 Å². The molecule has 68 valence electrons. The molecule has 0 bridgehead atoms. The second-order valence-corrected chi connectivity index (χ2v) is 2.93. The Labute approximate surface area is 75.7 Å². The number of rotatable bonds is 1. The van der Waals surface area contributed by atoms with E-state index in [-0.39, 0.29) is 16.8 Å². The Morgan fingerprint density at radius 3 is 2.23 bits per heavy atom. The van der Waals surface area contributed by atoms with Gasteiger partial charge in [0.25, 0.3) is 0 Å². The average molecular weight is 180 g/mol. The molecule has 1 rings (SSSR count). The van der Waals surface area contributed by atoms with Crippen LogP contribution in [0, 0.1) is 0 Å². The summed E-state index contributed by atoms with van der Waals surface area (Å²) in [5.74, 6) is -0.827.